The van der Waals surface area contributed by atoms with E-state index in [0.717, 1.165) is 19.3 Å². The summed E-state index contributed by atoms with van der Waals surface area (Å²) in [5, 5.41) is 9.10. The van der Waals surface area contributed by atoms with Crippen molar-refractivity contribution >= 4 is 5.91 Å². The molecule has 0 bridgehead atoms. The first-order chi connectivity index (χ1) is 10.3. The highest BCUT2D eigenvalue weighted by atomic mass is 16.5. The molecule has 5 heteroatoms. The summed E-state index contributed by atoms with van der Waals surface area (Å²) in [6, 6.07) is 7.58. The Labute approximate surface area is 125 Å². The molecule has 0 spiro atoms. The summed E-state index contributed by atoms with van der Waals surface area (Å²) in [6.07, 6.45) is 3.18. The summed E-state index contributed by atoms with van der Waals surface area (Å²) in [5.41, 5.74) is 0. The van der Waals surface area contributed by atoms with Gasteiger partial charge in [0.1, 0.15) is 0 Å². The lowest BCUT2D eigenvalue weighted by Gasteiger charge is -2.37. The first-order valence-corrected chi connectivity index (χ1v) is 7.51. The van der Waals surface area contributed by atoms with Crippen molar-refractivity contribution in [3.05, 3.63) is 24.3 Å². The van der Waals surface area contributed by atoms with Gasteiger partial charge in [0.25, 0.3) is 5.91 Å². The van der Waals surface area contributed by atoms with Gasteiger partial charge in [-0.05, 0) is 38.3 Å². The molecule has 0 aromatic heterocycles. The maximum atomic E-state index is 12.3. The molecule has 0 aliphatic heterocycles. The molecular weight excluding hydrogens is 270 g/mol. The fourth-order valence-corrected chi connectivity index (χ4v) is 2.38. The van der Waals surface area contributed by atoms with Crippen LogP contribution in [0.3, 0.4) is 0 Å². The number of hydrogen-bond acceptors (Lipinski definition) is 4. The van der Waals surface area contributed by atoms with Gasteiger partial charge in [-0.1, -0.05) is 12.1 Å². The molecule has 116 valence electrons. The number of benzene rings is 1. The Morgan fingerprint density at radius 2 is 1.95 bits per heavy atom. The van der Waals surface area contributed by atoms with E-state index >= 15 is 0 Å². The average molecular weight is 293 g/mol. The molecular formula is C16H23NO4. The van der Waals surface area contributed by atoms with Gasteiger partial charge in [-0.25, -0.2) is 0 Å². The zero-order chi connectivity index (χ0) is 15.1. The summed E-state index contributed by atoms with van der Waals surface area (Å²) < 4.78 is 11.1. The van der Waals surface area contributed by atoms with Crippen LogP contribution < -0.4 is 9.47 Å². The molecule has 2 rings (SSSR count). The van der Waals surface area contributed by atoms with Crippen molar-refractivity contribution in [3.63, 3.8) is 0 Å². The number of ether oxygens (including phenoxy) is 2. The molecule has 0 atom stereocenters. The third-order valence-corrected chi connectivity index (χ3v) is 3.68. The quantitative estimate of drug-likeness (QED) is 0.794. The molecule has 1 aliphatic carbocycles. The number of rotatable bonds is 8. The average Bonchev–Trinajstić information content (AvgIpc) is 2.44. The Morgan fingerprint density at radius 3 is 2.48 bits per heavy atom. The molecule has 0 radical (unpaired) electrons. The van der Waals surface area contributed by atoms with Gasteiger partial charge in [0, 0.05) is 12.6 Å². The van der Waals surface area contributed by atoms with E-state index in [1.165, 1.54) is 0 Å². The Hall–Kier alpha value is -1.75. The Bertz CT molecular complexity index is 459. The number of carbonyl (C=O) groups is 1. The molecule has 0 unspecified atom stereocenters. The number of nitrogens with zero attached hydrogens (tertiary/aromatic N) is 1. The molecule has 1 aromatic carbocycles. The van der Waals surface area contributed by atoms with Gasteiger partial charge in [0.15, 0.2) is 18.1 Å². The maximum Gasteiger partial charge on any atom is 0.260 e. The van der Waals surface area contributed by atoms with Crippen LogP contribution in [0.5, 0.6) is 11.5 Å². The molecule has 21 heavy (non-hydrogen) atoms. The topological polar surface area (TPSA) is 59.0 Å². The number of aliphatic hydroxyl groups is 1. The highest BCUT2D eigenvalue weighted by Crippen LogP contribution is 2.27. The van der Waals surface area contributed by atoms with Gasteiger partial charge >= 0.3 is 0 Å². The van der Waals surface area contributed by atoms with Gasteiger partial charge in [-0.15, -0.1) is 0 Å². The van der Waals surface area contributed by atoms with Gasteiger partial charge in [-0.2, -0.15) is 0 Å². The van der Waals surface area contributed by atoms with E-state index in [1.807, 2.05) is 25.1 Å². The largest absolute Gasteiger partial charge is 0.490 e. The molecule has 0 saturated heterocycles. The van der Waals surface area contributed by atoms with Crippen LogP contribution in [-0.2, 0) is 4.79 Å². The van der Waals surface area contributed by atoms with E-state index in [4.69, 9.17) is 14.6 Å². The van der Waals surface area contributed by atoms with Crippen LogP contribution in [0.25, 0.3) is 0 Å². The zero-order valence-corrected chi connectivity index (χ0v) is 12.5. The van der Waals surface area contributed by atoms with E-state index in [-0.39, 0.29) is 25.2 Å². The Morgan fingerprint density at radius 1 is 1.29 bits per heavy atom. The van der Waals surface area contributed by atoms with E-state index in [0.29, 0.717) is 24.7 Å². The minimum atomic E-state index is -0.0833. The second-order valence-corrected chi connectivity index (χ2v) is 5.06. The Kier molecular flexibility index (Phi) is 5.87. The number of carbonyl (C=O) groups excluding carboxylic acids is 1. The van der Waals surface area contributed by atoms with E-state index in [9.17, 15) is 4.79 Å². The fraction of sp³-hybridized carbons (Fsp3) is 0.562. The second kappa shape index (κ2) is 7.88. The van der Waals surface area contributed by atoms with Crippen LogP contribution in [-0.4, -0.2) is 48.3 Å². The van der Waals surface area contributed by atoms with Gasteiger partial charge < -0.3 is 19.5 Å². The van der Waals surface area contributed by atoms with Crippen molar-refractivity contribution in [3.8, 4) is 11.5 Å². The SMILES string of the molecule is CCOc1ccccc1OCC(=O)N(CCO)C1CCC1. The smallest absolute Gasteiger partial charge is 0.260 e. The van der Waals surface area contributed by atoms with Crippen molar-refractivity contribution in [2.24, 2.45) is 0 Å². The predicted molar refractivity (Wildman–Crippen MR) is 79.5 cm³/mol. The van der Waals surface area contributed by atoms with Gasteiger partial charge in [0.2, 0.25) is 0 Å². The second-order valence-electron chi connectivity index (χ2n) is 5.06. The predicted octanol–water partition coefficient (Wildman–Crippen LogP) is 1.84. The maximum absolute atomic E-state index is 12.3. The summed E-state index contributed by atoms with van der Waals surface area (Å²) in [6.45, 7) is 2.78. The third-order valence-electron chi connectivity index (χ3n) is 3.68. The lowest BCUT2D eigenvalue weighted by molar-refractivity contribution is -0.138. The minimum Gasteiger partial charge on any atom is -0.490 e. The normalized spacial score (nSPS) is 14.4. The van der Waals surface area contributed by atoms with Crippen LogP contribution in [0.4, 0.5) is 0 Å². The van der Waals surface area contributed by atoms with Gasteiger partial charge in [-0.3, -0.25) is 4.79 Å². The Balaban J connectivity index is 1.93. The van der Waals surface area contributed by atoms with E-state index in [2.05, 4.69) is 0 Å². The molecule has 1 aromatic rings. The number of aliphatic hydroxyl groups excluding tert-OH is 1. The minimum absolute atomic E-state index is 0.0161. The molecule has 0 heterocycles. The molecule has 1 saturated carbocycles. The van der Waals surface area contributed by atoms with E-state index in [1.54, 1.807) is 11.0 Å². The summed E-state index contributed by atoms with van der Waals surface area (Å²) in [4.78, 5) is 14.0. The molecule has 1 N–H and O–H groups in total. The van der Waals surface area contributed by atoms with Crippen molar-refractivity contribution < 1.29 is 19.4 Å². The van der Waals surface area contributed by atoms with Gasteiger partial charge in [0.05, 0.1) is 13.2 Å². The number of hydrogen-bond donors (Lipinski definition) is 1. The summed E-state index contributed by atoms with van der Waals surface area (Å²) in [5.74, 6) is 1.13. The number of amides is 1. The lowest BCUT2D eigenvalue weighted by atomic mass is 9.91. The van der Waals surface area contributed by atoms with Crippen molar-refractivity contribution in [1.29, 1.82) is 0 Å². The lowest BCUT2D eigenvalue weighted by Crippen LogP contribution is -2.47. The summed E-state index contributed by atoms with van der Waals surface area (Å²) >= 11 is 0. The van der Waals surface area contributed by atoms with Crippen LogP contribution >= 0.6 is 0 Å². The monoisotopic (exact) mass is 293 g/mol. The van der Waals surface area contributed by atoms with Crippen LogP contribution in [0.1, 0.15) is 26.2 Å². The third kappa shape index (κ3) is 4.11. The van der Waals surface area contributed by atoms with Crippen molar-refractivity contribution in [2.75, 3.05) is 26.4 Å². The van der Waals surface area contributed by atoms with Crippen LogP contribution in [0, 0.1) is 0 Å². The molecule has 1 aliphatic rings. The van der Waals surface area contributed by atoms with Crippen molar-refractivity contribution in [1.82, 2.24) is 4.90 Å². The molecule has 1 amide bonds. The number of para-hydroxylation sites is 2. The van der Waals surface area contributed by atoms with Crippen LogP contribution in [0.2, 0.25) is 0 Å². The zero-order valence-electron chi connectivity index (χ0n) is 12.5. The standard InChI is InChI=1S/C16H23NO4/c1-2-20-14-8-3-4-9-15(14)21-12-16(19)17(10-11-18)13-6-5-7-13/h3-4,8-9,13,18H,2,5-7,10-12H2,1H3. The fourth-order valence-electron chi connectivity index (χ4n) is 2.38. The molecule has 5 nitrogen and oxygen atoms in total. The first kappa shape index (κ1) is 15.6. The van der Waals surface area contributed by atoms with Crippen molar-refractivity contribution in [2.45, 2.75) is 32.2 Å². The van der Waals surface area contributed by atoms with Crippen LogP contribution in [0.15, 0.2) is 24.3 Å². The van der Waals surface area contributed by atoms with E-state index < -0.39 is 0 Å². The summed E-state index contributed by atoms with van der Waals surface area (Å²) in [7, 11) is 0. The first-order valence-electron chi connectivity index (χ1n) is 7.51. The highest BCUT2D eigenvalue weighted by molar-refractivity contribution is 5.78. The molecule has 1 fully saturated rings. The highest BCUT2D eigenvalue weighted by Gasteiger charge is 2.28.